The topological polar surface area (TPSA) is 74.9 Å². The van der Waals surface area contributed by atoms with Gasteiger partial charge in [-0.05, 0) is 50.3 Å². The number of aryl methyl sites for hydroxylation is 2. The maximum Gasteiger partial charge on any atom is 0.244 e. The van der Waals surface area contributed by atoms with E-state index in [1.807, 2.05) is 0 Å². The van der Waals surface area contributed by atoms with Crippen LogP contribution in [0.25, 0.3) is 10.9 Å². The van der Waals surface area contributed by atoms with E-state index < -0.39 is 5.82 Å². The second-order valence-corrected chi connectivity index (χ2v) is 8.05. The Morgan fingerprint density at radius 1 is 1.36 bits per heavy atom. The molecule has 4 rings (SSSR count). The molecule has 1 N–H and O–H groups in total. The fraction of sp³-hybridized carbons (Fsp3) is 0.286. The SMILES string of the molecule is Cc1cc(=O)c2cccc(F)c2n1CC(=O)Nc1sc2c(c1C#N)CCCC2. The molecule has 0 aliphatic heterocycles. The Morgan fingerprint density at radius 2 is 2.14 bits per heavy atom. The summed E-state index contributed by atoms with van der Waals surface area (Å²) in [6.45, 7) is 1.53. The van der Waals surface area contributed by atoms with Crippen molar-refractivity contribution >= 4 is 33.1 Å². The number of pyridine rings is 1. The first kappa shape index (κ1) is 18.4. The first-order valence-electron chi connectivity index (χ1n) is 9.12. The zero-order chi connectivity index (χ0) is 19.8. The molecular weight excluding hydrogens is 377 g/mol. The maximum absolute atomic E-state index is 14.4. The Kier molecular flexibility index (Phi) is 4.73. The Bertz CT molecular complexity index is 1200. The lowest BCUT2D eigenvalue weighted by atomic mass is 9.96. The minimum atomic E-state index is -0.546. The summed E-state index contributed by atoms with van der Waals surface area (Å²) in [5.41, 5.74) is 1.93. The van der Waals surface area contributed by atoms with E-state index in [0.29, 0.717) is 16.3 Å². The molecule has 28 heavy (non-hydrogen) atoms. The zero-order valence-corrected chi connectivity index (χ0v) is 16.2. The molecule has 0 saturated carbocycles. The molecule has 0 radical (unpaired) electrons. The Labute approximate surface area is 165 Å². The summed E-state index contributed by atoms with van der Waals surface area (Å²) in [6, 6.07) is 7.93. The van der Waals surface area contributed by atoms with Crippen LogP contribution in [0, 0.1) is 24.1 Å². The van der Waals surface area contributed by atoms with Crippen LogP contribution < -0.4 is 10.7 Å². The number of nitrogens with one attached hydrogen (secondary N) is 1. The molecule has 2 heterocycles. The van der Waals surface area contributed by atoms with Crippen molar-refractivity contribution in [3.63, 3.8) is 0 Å². The van der Waals surface area contributed by atoms with Gasteiger partial charge in [0.1, 0.15) is 23.4 Å². The minimum absolute atomic E-state index is 0.119. The largest absolute Gasteiger partial charge is 0.333 e. The summed E-state index contributed by atoms with van der Waals surface area (Å²) in [6.07, 6.45) is 3.93. The fourth-order valence-corrected chi connectivity index (χ4v) is 5.05. The molecular formula is C21H18FN3O2S. The number of aromatic nitrogens is 1. The molecule has 3 aromatic rings. The lowest BCUT2D eigenvalue weighted by molar-refractivity contribution is -0.116. The van der Waals surface area contributed by atoms with Crippen LogP contribution in [0.5, 0.6) is 0 Å². The third kappa shape index (κ3) is 3.10. The van der Waals surface area contributed by atoms with Gasteiger partial charge in [-0.25, -0.2) is 4.39 Å². The molecule has 1 aromatic carbocycles. The van der Waals surface area contributed by atoms with E-state index in [9.17, 15) is 19.2 Å². The summed E-state index contributed by atoms with van der Waals surface area (Å²) in [7, 11) is 0. The van der Waals surface area contributed by atoms with Crippen molar-refractivity contribution in [2.24, 2.45) is 0 Å². The molecule has 2 aromatic heterocycles. The molecule has 0 atom stereocenters. The standard InChI is InChI=1S/C21H18FN3O2S/c1-12-9-17(26)14-6-4-7-16(22)20(14)25(12)11-19(27)24-21-15(10-23)13-5-2-3-8-18(13)28-21/h4,6-7,9H,2-3,5,8,11H2,1H3,(H,24,27). The number of rotatable bonds is 3. The van der Waals surface area contributed by atoms with E-state index in [1.54, 1.807) is 13.0 Å². The molecule has 1 aliphatic carbocycles. The summed E-state index contributed by atoms with van der Waals surface area (Å²) in [5.74, 6) is -0.901. The number of carbonyl (C=O) groups is 1. The summed E-state index contributed by atoms with van der Waals surface area (Å²) >= 11 is 1.45. The molecule has 0 bridgehead atoms. The monoisotopic (exact) mass is 395 g/mol. The van der Waals surface area contributed by atoms with Gasteiger partial charge in [0.05, 0.1) is 11.1 Å². The van der Waals surface area contributed by atoms with E-state index in [2.05, 4.69) is 11.4 Å². The number of fused-ring (bicyclic) bond motifs is 2. The van der Waals surface area contributed by atoms with Gasteiger partial charge in [0.25, 0.3) is 0 Å². The third-order valence-electron chi connectivity index (χ3n) is 5.13. The number of benzene rings is 1. The Morgan fingerprint density at radius 3 is 2.93 bits per heavy atom. The Hall–Kier alpha value is -2.98. The van der Waals surface area contributed by atoms with Gasteiger partial charge in [0.15, 0.2) is 5.43 Å². The summed E-state index contributed by atoms with van der Waals surface area (Å²) < 4.78 is 15.9. The van der Waals surface area contributed by atoms with E-state index >= 15 is 0 Å². The van der Waals surface area contributed by atoms with Crippen LogP contribution in [0.3, 0.4) is 0 Å². The second-order valence-electron chi connectivity index (χ2n) is 6.95. The lowest BCUT2D eigenvalue weighted by Gasteiger charge is -2.15. The number of para-hydroxylation sites is 1. The van der Waals surface area contributed by atoms with Crippen LogP contribution in [0.1, 0.15) is 34.5 Å². The van der Waals surface area contributed by atoms with Crippen LogP contribution in [-0.4, -0.2) is 10.5 Å². The number of nitrogens with zero attached hydrogens (tertiary/aromatic N) is 2. The van der Waals surface area contributed by atoms with E-state index in [1.165, 1.54) is 34.1 Å². The fourth-order valence-electron chi connectivity index (χ4n) is 3.80. The van der Waals surface area contributed by atoms with Crippen molar-refractivity contribution in [2.75, 3.05) is 5.32 Å². The predicted octanol–water partition coefficient (Wildman–Crippen LogP) is 3.90. The average molecular weight is 395 g/mol. The number of anilines is 1. The van der Waals surface area contributed by atoms with Crippen LogP contribution >= 0.6 is 11.3 Å². The molecule has 0 fully saturated rings. The van der Waals surface area contributed by atoms with Gasteiger partial charge in [-0.1, -0.05) is 6.07 Å². The first-order chi connectivity index (χ1) is 13.5. The quantitative estimate of drug-likeness (QED) is 0.731. The molecule has 0 saturated heterocycles. The lowest BCUT2D eigenvalue weighted by Crippen LogP contribution is -2.22. The number of carbonyl (C=O) groups excluding carboxylic acids is 1. The molecule has 0 spiro atoms. The summed E-state index contributed by atoms with van der Waals surface area (Å²) in [5, 5.41) is 13.2. The van der Waals surface area contributed by atoms with Gasteiger partial charge in [-0.2, -0.15) is 5.26 Å². The molecule has 142 valence electrons. The van der Waals surface area contributed by atoms with Crippen LogP contribution in [0.4, 0.5) is 9.39 Å². The normalized spacial score (nSPS) is 13.2. The first-order valence-corrected chi connectivity index (χ1v) is 9.94. The number of hydrogen-bond acceptors (Lipinski definition) is 4. The molecule has 1 aliphatic rings. The maximum atomic E-state index is 14.4. The average Bonchev–Trinajstić information content (AvgIpc) is 3.02. The number of thiophene rings is 1. The van der Waals surface area contributed by atoms with Crippen LogP contribution in [0.15, 0.2) is 29.1 Å². The van der Waals surface area contributed by atoms with Gasteiger partial charge in [-0.15, -0.1) is 11.3 Å². The predicted molar refractivity (Wildman–Crippen MR) is 107 cm³/mol. The highest BCUT2D eigenvalue weighted by Crippen LogP contribution is 2.37. The highest BCUT2D eigenvalue weighted by atomic mass is 32.1. The van der Waals surface area contributed by atoms with Gasteiger partial charge in [0.2, 0.25) is 5.91 Å². The van der Waals surface area contributed by atoms with E-state index in [0.717, 1.165) is 36.1 Å². The van der Waals surface area contributed by atoms with Crippen molar-refractivity contribution in [3.05, 3.63) is 62.0 Å². The number of hydrogen-bond donors (Lipinski definition) is 1. The number of nitriles is 1. The van der Waals surface area contributed by atoms with Crippen LogP contribution in [0.2, 0.25) is 0 Å². The van der Waals surface area contributed by atoms with Crippen molar-refractivity contribution in [1.82, 2.24) is 4.57 Å². The minimum Gasteiger partial charge on any atom is -0.333 e. The Balaban J connectivity index is 1.68. The third-order valence-corrected chi connectivity index (χ3v) is 6.33. The van der Waals surface area contributed by atoms with Gasteiger partial charge < -0.3 is 9.88 Å². The van der Waals surface area contributed by atoms with Crippen molar-refractivity contribution in [1.29, 1.82) is 5.26 Å². The molecule has 0 unspecified atom stereocenters. The van der Waals surface area contributed by atoms with Gasteiger partial charge in [0, 0.05) is 22.0 Å². The number of amides is 1. The molecule has 1 amide bonds. The highest BCUT2D eigenvalue weighted by molar-refractivity contribution is 7.16. The smallest absolute Gasteiger partial charge is 0.244 e. The molecule has 5 nitrogen and oxygen atoms in total. The van der Waals surface area contributed by atoms with Crippen LogP contribution in [-0.2, 0) is 24.2 Å². The highest BCUT2D eigenvalue weighted by Gasteiger charge is 2.22. The zero-order valence-electron chi connectivity index (χ0n) is 15.3. The van der Waals surface area contributed by atoms with Gasteiger partial charge in [-0.3, -0.25) is 9.59 Å². The van der Waals surface area contributed by atoms with E-state index in [4.69, 9.17) is 0 Å². The summed E-state index contributed by atoms with van der Waals surface area (Å²) in [4.78, 5) is 26.0. The molecule has 7 heteroatoms. The van der Waals surface area contributed by atoms with Crippen molar-refractivity contribution in [3.8, 4) is 6.07 Å². The van der Waals surface area contributed by atoms with Gasteiger partial charge >= 0.3 is 0 Å². The second kappa shape index (κ2) is 7.21. The van der Waals surface area contributed by atoms with Crippen molar-refractivity contribution in [2.45, 2.75) is 39.2 Å². The number of halogens is 1. The van der Waals surface area contributed by atoms with Crippen molar-refractivity contribution < 1.29 is 9.18 Å². The van der Waals surface area contributed by atoms with E-state index in [-0.39, 0.29) is 28.8 Å².